The molecule has 0 saturated carbocycles. The van der Waals surface area contributed by atoms with Gasteiger partial charge in [0.2, 0.25) is 0 Å². The second-order valence-corrected chi connectivity index (χ2v) is 6.83. The Balaban J connectivity index is 1.55. The van der Waals surface area contributed by atoms with E-state index in [9.17, 15) is 5.11 Å². The SMILES string of the molecule is COc1cc(C)ccc1OCCN1CCCC(c2nnc(CO)n2C)C1. The van der Waals surface area contributed by atoms with Gasteiger partial charge in [-0.15, -0.1) is 10.2 Å². The predicted octanol–water partition coefficient (Wildman–Crippen LogP) is 1.88. The summed E-state index contributed by atoms with van der Waals surface area (Å²) in [6.45, 7) is 5.44. The van der Waals surface area contributed by atoms with Gasteiger partial charge in [-0.05, 0) is 44.0 Å². The van der Waals surface area contributed by atoms with Crippen molar-refractivity contribution in [3.63, 3.8) is 0 Å². The first-order chi connectivity index (χ1) is 12.6. The fraction of sp³-hybridized carbons (Fsp3) is 0.579. The summed E-state index contributed by atoms with van der Waals surface area (Å²) in [4.78, 5) is 2.40. The van der Waals surface area contributed by atoms with Crippen molar-refractivity contribution >= 4 is 0 Å². The first-order valence-corrected chi connectivity index (χ1v) is 9.11. The van der Waals surface area contributed by atoms with Crippen molar-refractivity contribution in [2.24, 2.45) is 7.05 Å². The number of hydrogen-bond acceptors (Lipinski definition) is 6. The molecule has 1 aromatic heterocycles. The molecule has 1 atom stereocenters. The molecule has 1 aliphatic heterocycles. The largest absolute Gasteiger partial charge is 0.493 e. The normalized spacial score (nSPS) is 18.1. The number of nitrogens with zero attached hydrogens (tertiary/aromatic N) is 4. The number of aromatic nitrogens is 3. The van der Waals surface area contributed by atoms with Crippen LogP contribution < -0.4 is 9.47 Å². The quantitative estimate of drug-likeness (QED) is 0.813. The molecule has 142 valence electrons. The third-order valence-corrected chi connectivity index (χ3v) is 4.99. The van der Waals surface area contributed by atoms with Gasteiger partial charge in [0.05, 0.1) is 7.11 Å². The molecule has 0 bridgehead atoms. The minimum Gasteiger partial charge on any atom is -0.493 e. The van der Waals surface area contributed by atoms with E-state index in [1.165, 1.54) is 0 Å². The summed E-state index contributed by atoms with van der Waals surface area (Å²) in [5.41, 5.74) is 1.15. The van der Waals surface area contributed by atoms with Crippen LogP contribution >= 0.6 is 0 Å². The first kappa shape index (κ1) is 18.7. The van der Waals surface area contributed by atoms with Gasteiger partial charge in [-0.1, -0.05) is 6.07 Å². The molecule has 3 rings (SSSR count). The zero-order chi connectivity index (χ0) is 18.5. The Bertz CT molecular complexity index is 732. The van der Waals surface area contributed by atoms with Gasteiger partial charge < -0.3 is 19.1 Å². The van der Waals surface area contributed by atoms with Crippen LogP contribution in [0.2, 0.25) is 0 Å². The number of aryl methyl sites for hydroxylation is 1. The molecular weight excluding hydrogens is 332 g/mol. The number of rotatable bonds is 7. The zero-order valence-corrected chi connectivity index (χ0v) is 15.8. The van der Waals surface area contributed by atoms with Crippen LogP contribution in [0.25, 0.3) is 0 Å². The molecule has 7 nitrogen and oxygen atoms in total. The summed E-state index contributed by atoms with van der Waals surface area (Å²) < 4.78 is 13.3. The van der Waals surface area contributed by atoms with E-state index in [0.29, 0.717) is 18.3 Å². The Morgan fingerprint density at radius 2 is 2.12 bits per heavy atom. The smallest absolute Gasteiger partial charge is 0.161 e. The van der Waals surface area contributed by atoms with Gasteiger partial charge in [0.15, 0.2) is 17.3 Å². The minimum absolute atomic E-state index is 0.0772. The lowest BCUT2D eigenvalue weighted by molar-refractivity contribution is 0.164. The molecule has 1 fully saturated rings. The molecule has 26 heavy (non-hydrogen) atoms. The average Bonchev–Trinajstić information content (AvgIpc) is 3.03. The van der Waals surface area contributed by atoms with Crippen LogP contribution in [-0.4, -0.2) is 58.1 Å². The molecule has 2 heterocycles. The Morgan fingerprint density at radius 1 is 1.27 bits per heavy atom. The maximum Gasteiger partial charge on any atom is 0.161 e. The van der Waals surface area contributed by atoms with E-state index in [2.05, 4.69) is 15.1 Å². The van der Waals surface area contributed by atoms with Crippen LogP contribution in [-0.2, 0) is 13.7 Å². The number of methoxy groups -OCH3 is 1. The van der Waals surface area contributed by atoms with Gasteiger partial charge in [-0.3, -0.25) is 4.90 Å². The Kier molecular flexibility index (Phi) is 6.11. The van der Waals surface area contributed by atoms with Crippen LogP contribution in [0.3, 0.4) is 0 Å². The average molecular weight is 360 g/mol. The maximum atomic E-state index is 9.31. The molecule has 0 amide bonds. The standard InChI is InChI=1S/C19H28N4O3/c1-14-6-7-16(17(11-14)25-3)26-10-9-23-8-4-5-15(12-23)19-21-20-18(13-24)22(19)2/h6-7,11,15,24H,4-5,8-10,12-13H2,1-3H3. The van der Waals surface area contributed by atoms with Crippen molar-refractivity contribution in [1.82, 2.24) is 19.7 Å². The number of ether oxygens (including phenoxy) is 2. The highest BCUT2D eigenvalue weighted by atomic mass is 16.5. The van der Waals surface area contributed by atoms with E-state index >= 15 is 0 Å². The number of benzene rings is 1. The van der Waals surface area contributed by atoms with Crippen molar-refractivity contribution in [1.29, 1.82) is 0 Å². The molecule has 1 unspecified atom stereocenters. The molecular formula is C19H28N4O3. The Labute approximate surface area is 154 Å². The number of piperidine rings is 1. The molecule has 7 heteroatoms. The van der Waals surface area contributed by atoms with Crippen molar-refractivity contribution in [2.45, 2.75) is 32.3 Å². The van der Waals surface area contributed by atoms with E-state index in [0.717, 1.165) is 55.4 Å². The van der Waals surface area contributed by atoms with Crippen LogP contribution in [0.5, 0.6) is 11.5 Å². The second kappa shape index (κ2) is 8.51. The molecule has 1 saturated heterocycles. The monoisotopic (exact) mass is 360 g/mol. The molecule has 0 radical (unpaired) electrons. The van der Waals surface area contributed by atoms with Crippen molar-refractivity contribution < 1.29 is 14.6 Å². The van der Waals surface area contributed by atoms with Crippen molar-refractivity contribution in [3.05, 3.63) is 35.4 Å². The van der Waals surface area contributed by atoms with Crippen LogP contribution in [0.15, 0.2) is 18.2 Å². The van der Waals surface area contributed by atoms with Crippen molar-refractivity contribution in [3.8, 4) is 11.5 Å². The van der Waals surface area contributed by atoms with Gasteiger partial charge in [0.25, 0.3) is 0 Å². The summed E-state index contributed by atoms with van der Waals surface area (Å²) in [7, 11) is 3.59. The molecule has 0 spiro atoms. The molecule has 2 aromatic rings. The summed E-state index contributed by atoms with van der Waals surface area (Å²) in [5.74, 6) is 3.48. The van der Waals surface area contributed by atoms with E-state index in [1.54, 1.807) is 7.11 Å². The maximum absolute atomic E-state index is 9.31. The second-order valence-electron chi connectivity index (χ2n) is 6.83. The minimum atomic E-state index is -0.0772. The van der Waals surface area contributed by atoms with Gasteiger partial charge >= 0.3 is 0 Å². The number of aliphatic hydroxyl groups is 1. The topological polar surface area (TPSA) is 72.6 Å². The van der Waals surface area contributed by atoms with Gasteiger partial charge in [0, 0.05) is 26.1 Å². The fourth-order valence-electron chi connectivity index (χ4n) is 3.52. The highest BCUT2D eigenvalue weighted by Crippen LogP contribution is 2.28. The number of hydrogen-bond donors (Lipinski definition) is 1. The summed E-state index contributed by atoms with van der Waals surface area (Å²) in [5, 5.41) is 17.7. The summed E-state index contributed by atoms with van der Waals surface area (Å²) >= 11 is 0. The fourth-order valence-corrected chi connectivity index (χ4v) is 3.52. The molecule has 1 N–H and O–H groups in total. The zero-order valence-electron chi connectivity index (χ0n) is 15.8. The van der Waals surface area contributed by atoms with Gasteiger partial charge in [-0.25, -0.2) is 0 Å². The third kappa shape index (κ3) is 4.16. The van der Waals surface area contributed by atoms with E-state index < -0.39 is 0 Å². The highest BCUT2D eigenvalue weighted by Gasteiger charge is 2.25. The van der Waals surface area contributed by atoms with Crippen LogP contribution in [0, 0.1) is 6.92 Å². The highest BCUT2D eigenvalue weighted by molar-refractivity contribution is 5.42. The third-order valence-electron chi connectivity index (χ3n) is 4.99. The van der Waals surface area contributed by atoms with Gasteiger partial charge in [0.1, 0.15) is 19.0 Å². The van der Waals surface area contributed by atoms with Gasteiger partial charge in [-0.2, -0.15) is 0 Å². The van der Waals surface area contributed by atoms with Crippen LogP contribution in [0.4, 0.5) is 0 Å². The number of likely N-dealkylation sites (tertiary alicyclic amines) is 1. The molecule has 0 aliphatic carbocycles. The van der Waals surface area contributed by atoms with E-state index in [-0.39, 0.29) is 6.61 Å². The Hall–Kier alpha value is -2.12. The lowest BCUT2D eigenvalue weighted by Crippen LogP contribution is -2.37. The lowest BCUT2D eigenvalue weighted by atomic mass is 9.97. The predicted molar refractivity (Wildman–Crippen MR) is 98.6 cm³/mol. The molecule has 1 aliphatic rings. The van der Waals surface area contributed by atoms with E-state index in [1.807, 2.05) is 36.7 Å². The number of aliphatic hydroxyl groups excluding tert-OH is 1. The Morgan fingerprint density at radius 3 is 2.85 bits per heavy atom. The lowest BCUT2D eigenvalue weighted by Gasteiger charge is -2.32. The summed E-state index contributed by atoms with van der Waals surface area (Å²) in [6, 6.07) is 5.98. The van der Waals surface area contributed by atoms with Crippen molar-refractivity contribution in [2.75, 3.05) is 33.4 Å². The van der Waals surface area contributed by atoms with Crippen LogP contribution in [0.1, 0.15) is 36.0 Å². The van der Waals surface area contributed by atoms with E-state index in [4.69, 9.17) is 9.47 Å². The molecule has 1 aromatic carbocycles. The summed E-state index contributed by atoms with van der Waals surface area (Å²) in [6.07, 6.45) is 2.22. The first-order valence-electron chi connectivity index (χ1n) is 9.11.